The zero-order chi connectivity index (χ0) is 16.4. The van der Waals surface area contributed by atoms with E-state index in [2.05, 4.69) is 9.71 Å². The van der Waals surface area contributed by atoms with Crippen LogP contribution in [0.2, 0.25) is 0 Å². The van der Waals surface area contributed by atoms with Gasteiger partial charge in [-0.25, -0.2) is 18.1 Å². The Balaban J connectivity index is 1.80. The Labute approximate surface area is 133 Å². The maximum absolute atomic E-state index is 12.3. The van der Waals surface area contributed by atoms with Crippen molar-refractivity contribution in [3.63, 3.8) is 0 Å². The molecule has 0 aliphatic rings. The predicted octanol–water partition coefficient (Wildman–Crippen LogP) is 2.51. The molecule has 0 fully saturated rings. The summed E-state index contributed by atoms with van der Waals surface area (Å²) in [5.74, 6) is -0.183. The molecule has 0 aliphatic carbocycles. The summed E-state index contributed by atoms with van der Waals surface area (Å²) < 4.78 is 32.4. The van der Waals surface area contributed by atoms with E-state index in [1.165, 1.54) is 25.5 Å². The normalized spacial score (nSPS) is 11.7. The van der Waals surface area contributed by atoms with E-state index in [4.69, 9.17) is 4.42 Å². The maximum Gasteiger partial charge on any atom is 0.240 e. The van der Waals surface area contributed by atoms with Gasteiger partial charge in [0.05, 0.1) is 4.90 Å². The van der Waals surface area contributed by atoms with Crippen molar-refractivity contribution in [2.45, 2.75) is 18.4 Å². The second-order valence-corrected chi connectivity index (χ2v) is 6.83. The third-order valence-electron chi connectivity index (χ3n) is 3.41. The predicted molar refractivity (Wildman–Crippen MR) is 84.5 cm³/mol. The molecule has 23 heavy (non-hydrogen) atoms. The van der Waals surface area contributed by atoms with Gasteiger partial charge in [-0.2, -0.15) is 0 Å². The van der Waals surface area contributed by atoms with Crippen LogP contribution < -0.4 is 4.72 Å². The summed E-state index contributed by atoms with van der Waals surface area (Å²) >= 11 is 0. The van der Waals surface area contributed by atoms with E-state index >= 15 is 0 Å². The molecule has 3 rings (SSSR count). The van der Waals surface area contributed by atoms with E-state index in [-0.39, 0.29) is 17.2 Å². The van der Waals surface area contributed by atoms with Crippen LogP contribution in [0.1, 0.15) is 22.8 Å². The highest BCUT2D eigenvalue weighted by atomic mass is 32.2. The number of hydrogen-bond acceptors (Lipinski definition) is 5. The second-order valence-electron chi connectivity index (χ2n) is 5.06. The lowest BCUT2D eigenvalue weighted by Crippen LogP contribution is -2.23. The van der Waals surface area contributed by atoms with Gasteiger partial charge in [0.25, 0.3) is 0 Å². The lowest BCUT2D eigenvalue weighted by atomic mass is 10.2. The molecule has 0 bridgehead atoms. The molecule has 0 unspecified atom stereocenters. The fourth-order valence-electron chi connectivity index (χ4n) is 2.15. The monoisotopic (exact) mass is 330 g/mol. The summed E-state index contributed by atoms with van der Waals surface area (Å²) in [6.45, 7) is 1.51. The Morgan fingerprint density at radius 1 is 1.22 bits per heavy atom. The summed E-state index contributed by atoms with van der Waals surface area (Å²) in [7, 11) is -3.70. The number of rotatable bonds is 5. The van der Waals surface area contributed by atoms with Gasteiger partial charge >= 0.3 is 0 Å². The van der Waals surface area contributed by atoms with E-state index < -0.39 is 10.0 Å². The van der Waals surface area contributed by atoms with Crippen molar-refractivity contribution < 1.29 is 17.6 Å². The van der Waals surface area contributed by atoms with Gasteiger partial charge in [-0.15, -0.1) is 0 Å². The van der Waals surface area contributed by atoms with Gasteiger partial charge in [-0.05, 0) is 36.8 Å². The number of benzene rings is 2. The van der Waals surface area contributed by atoms with Crippen molar-refractivity contribution in [2.75, 3.05) is 0 Å². The molecule has 2 aromatic carbocycles. The van der Waals surface area contributed by atoms with Crippen LogP contribution in [0.4, 0.5) is 0 Å². The highest BCUT2D eigenvalue weighted by Gasteiger charge is 2.15. The van der Waals surface area contributed by atoms with Crippen LogP contribution in [0.3, 0.4) is 0 Å². The molecule has 118 valence electrons. The smallest absolute Gasteiger partial charge is 0.240 e. The van der Waals surface area contributed by atoms with Crippen LogP contribution in [0.25, 0.3) is 11.1 Å². The quantitative estimate of drug-likeness (QED) is 0.726. The van der Waals surface area contributed by atoms with Crippen LogP contribution in [-0.4, -0.2) is 19.2 Å². The van der Waals surface area contributed by atoms with E-state index in [0.717, 1.165) is 5.56 Å². The fraction of sp³-hybridized carbons (Fsp3) is 0.125. The first-order valence-electron chi connectivity index (χ1n) is 6.88. The van der Waals surface area contributed by atoms with Gasteiger partial charge in [0.15, 0.2) is 17.8 Å². The fourth-order valence-corrected chi connectivity index (χ4v) is 3.22. The minimum absolute atomic E-state index is 0.0611. The SMILES string of the molecule is CC(=O)c1cccc(S(=O)(=O)NCc2ccc3ncoc3c2)c1. The van der Waals surface area contributed by atoms with Gasteiger partial charge in [0, 0.05) is 12.1 Å². The average molecular weight is 330 g/mol. The molecule has 0 atom stereocenters. The van der Waals surface area contributed by atoms with Gasteiger partial charge in [-0.3, -0.25) is 4.79 Å². The first-order chi connectivity index (χ1) is 11.0. The Bertz CT molecular complexity index is 976. The lowest BCUT2D eigenvalue weighted by Gasteiger charge is -2.08. The Morgan fingerprint density at radius 2 is 2.04 bits per heavy atom. The van der Waals surface area contributed by atoms with Crippen molar-refractivity contribution in [3.8, 4) is 0 Å². The number of nitrogens with zero attached hydrogens (tertiary/aromatic N) is 1. The molecule has 0 spiro atoms. The second kappa shape index (κ2) is 5.94. The molecule has 0 saturated heterocycles. The van der Waals surface area contributed by atoms with Gasteiger partial charge in [0.1, 0.15) is 5.52 Å². The highest BCUT2D eigenvalue weighted by Crippen LogP contribution is 2.16. The molecule has 1 heterocycles. The first-order valence-corrected chi connectivity index (χ1v) is 8.37. The third-order valence-corrected chi connectivity index (χ3v) is 4.81. The molecule has 0 radical (unpaired) electrons. The van der Waals surface area contributed by atoms with Gasteiger partial charge in [0.2, 0.25) is 10.0 Å². The molecular formula is C16H14N2O4S. The largest absolute Gasteiger partial charge is 0.443 e. The zero-order valence-electron chi connectivity index (χ0n) is 12.3. The van der Waals surface area contributed by atoms with E-state index in [9.17, 15) is 13.2 Å². The number of carbonyl (C=O) groups is 1. The molecular weight excluding hydrogens is 316 g/mol. The molecule has 0 amide bonds. The van der Waals surface area contributed by atoms with Crippen molar-refractivity contribution >= 4 is 26.9 Å². The molecule has 6 nitrogen and oxygen atoms in total. The van der Waals surface area contributed by atoms with Gasteiger partial charge in [-0.1, -0.05) is 18.2 Å². The van der Waals surface area contributed by atoms with E-state index in [0.29, 0.717) is 16.7 Å². The molecule has 3 aromatic rings. The number of aromatic nitrogens is 1. The standard InChI is InChI=1S/C16H14N2O4S/c1-11(19)13-3-2-4-14(8-13)23(20,21)18-9-12-5-6-15-16(7-12)22-10-17-15/h2-8,10,18H,9H2,1H3. The number of oxazole rings is 1. The summed E-state index contributed by atoms with van der Waals surface area (Å²) in [5, 5.41) is 0. The maximum atomic E-state index is 12.3. The number of ketones is 1. The Morgan fingerprint density at radius 3 is 2.83 bits per heavy atom. The van der Waals surface area contributed by atoms with Crippen molar-refractivity contribution in [3.05, 3.63) is 60.0 Å². The molecule has 0 saturated carbocycles. The van der Waals surface area contributed by atoms with E-state index in [1.807, 2.05) is 0 Å². The zero-order valence-corrected chi connectivity index (χ0v) is 13.1. The van der Waals surface area contributed by atoms with Crippen molar-refractivity contribution in [1.29, 1.82) is 0 Å². The summed E-state index contributed by atoms with van der Waals surface area (Å²) in [6, 6.07) is 11.2. The number of sulfonamides is 1. The van der Waals surface area contributed by atoms with Crippen LogP contribution in [-0.2, 0) is 16.6 Å². The van der Waals surface area contributed by atoms with Crippen LogP contribution in [0.5, 0.6) is 0 Å². The van der Waals surface area contributed by atoms with Crippen molar-refractivity contribution in [2.24, 2.45) is 0 Å². The summed E-state index contributed by atoms with van der Waals surface area (Å²) in [4.78, 5) is 15.4. The highest BCUT2D eigenvalue weighted by molar-refractivity contribution is 7.89. The molecule has 1 aromatic heterocycles. The average Bonchev–Trinajstić information content (AvgIpc) is 3.01. The molecule has 1 N–H and O–H groups in total. The topological polar surface area (TPSA) is 89.3 Å². The number of fused-ring (bicyclic) bond motifs is 1. The number of hydrogen-bond donors (Lipinski definition) is 1. The molecule has 0 aliphatic heterocycles. The summed E-state index contributed by atoms with van der Waals surface area (Å²) in [6.07, 6.45) is 1.34. The van der Waals surface area contributed by atoms with Gasteiger partial charge < -0.3 is 4.42 Å². The number of nitrogens with one attached hydrogen (secondary N) is 1. The van der Waals surface area contributed by atoms with Crippen LogP contribution in [0.15, 0.2) is 58.2 Å². The Hall–Kier alpha value is -2.51. The minimum atomic E-state index is -3.70. The minimum Gasteiger partial charge on any atom is -0.443 e. The lowest BCUT2D eigenvalue weighted by molar-refractivity contribution is 0.101. The molecule has 7 heteroatoms. The van der Waals surface area contributed by atoms with E-state index in [1.54, 1.807) is 30.3 Å². The van der Waals surface area contributed by atoms with Crippen molar-refractivity contribution in [1.82, 2.24) is 9.71 Å². The summed E-state index contributed by atoms with van der Waals surface area (Å²) in [5.41, 5.74) is 2.42. The number of carbonyl (C=O) groups excluding carboxylic acids is 1. The third kappa shape index (κ3) is 3.30. The first kappa shape index (κ1) is 15.4. The Kier molecular flexibility index (Phi) is 3.97. The van der Waals surface area contributed by atoms with Crippen LogP contribution in [0, 0.1) is 0 Å². The van der Waals surface area contributed by atoms with Crippen LogP contribution >= 0.6 is 0 Å². The number of Topliss-reactive ketones (excluding diaryl/α,β-unsaturated/α-hetero) is 1.